The summed E-state index contributed by atoms with van der Waals surface area (Å²) in [5.41, 5.74) is 0.650. The van der Waals surface area contributed by atoms with Gasteiger partial charge in [-0.2, -0.15) is 0 Å². The Hall–Kier alpha value is -2.83. The number of benzene rings is 1. The smallest absolute Gasteiger partial charge is 0.319 e. The first-order valence-electron chi connectivity index (χ1n) is 5.96. The van der Waals surface area contributed by atoms with E-state index >= 15 is 0 Å². The number of carbonyl (C=O) groups excluding carboxylic acids is 2. The number of hydrogen-bond donors (Lipinski definition) is 3. The second-order valence-corrected chi connectivity index (χ2v) is 4.04. The number of urea groups is 1. The maximum Gasteiger partial charge on any atom is 0.319 e. The third kappa shape index (κ3) is 4.13. The van der Waals surface area contributed by atoms with E-state index < -0.39 is 6.03 Å². The normalized spacial score (nSPS) is 9.85. The van der Waals surface area contributed by atoms with E-state index in [-0.39, 0.29) is 12.5 Å². The zero-order valence-electron chi connectivity index (χ0n) is 10.8. The SMILES string of the molecule is Cc1cc(NC(=O)CNC(=O)Nc2ccccc2)no1. The molecule has 3 amide bonds. The van der Waals surface area contributed by atoms with Gasteiger partial charge in [-0.3, -0.25) is 4.79 Å². The van der Waals surface area contributed by atoms with E-state index in [0.717, 1.165) is 0 Å². The van der Waals surface area contributed by atoms with Crippen LogP contribution < -0.4 is 16.0 Å². The maximum atomic E-state index is 11.5. The molecule has 7 nitrogen and oxygen atoms in total. The van der Waals surface area contributed by atoms with Gasteiger partial charge in [0, 0.05) is 11.8 Å². The number of aryl methyl sites for hydroxylation is 1. The number of amides is 3. The fourth-order valence-electron chi connectivity index (χ4n) is 1.47. The van der Waals surface area contributed by atoms with Gasteiger partial charge in [0.2, 0.25) is 5.91 Å². The molecule has 1 heterocycles. The van der Waals surface area contributed by atoms with Crippen LogP contribution in [-0.2, 0) is 4.79 Å². The summed E-state index contributed by atoms with van der Waals surface area (Å²) in [6, 6.07) is 10.1. The Labute approximate surface area is 115 Å². The highest BCUT2D eigenvalue weighted by molar-refractivity contribution is 5.96. The van der Waals surface area contributed by atoms with E-state index in [2.05, 4.69) is 21.1 Å². The summed E-state index contributed by atoms with van der Waals surface area (Å²) in [4.78, 5) is 23.1. The lowest BCUT2D eigenvalue weighted by molar-refractivity contribution is -0.115. The van der Waals surface area contributed by atoms with Gasteiger partial charge in [-0.05, 0) is 19.1 Å². The summed E-state index contributed by atoms with van der Waals surface area (Å²) in [5, 5.41) is 11.1. The highest BCUT2D eigenvalue weighted by atomic mass is 16.5. The van der Waals surface area contributed by atoms with E-state index in [1.54, 1.807) is 37.3 Å². The second kappa shape index (κ2) is 6.37. The zero-order chi connectivity index (χ0) is 14.4. The molecule has 0 saturated heterocycles. The highest BCUT2D eigenvalue weighted by Crippen LogP contribution is 2.06. The number of hydrogen-bond acceptors (Lipinski definition) is 4. The van der Waals surface area contributed by atoms with Gasteiger partial charge < -0.3 is 20.5 Å². The summed E-state index contributed by atoms with van der Waals surface area (Å²) in [6.45, 7) is 1.55. The van der Waals surface area contributed by atoms with Gasteiger partial charge in [0.25, 0.3) is 0 Å². The van der Waals surface area contributed by atoms with Gasteiger partial charge >= 0.3 is 6.03 Å². The van der Waals surface area contributed by atoms with Crippen LogP contribution in [0.15, 0.2) is 40.9 Å². The Morgan fingerprint density at radius 3 is 2.60 bits per heavy atom. The van der Waals surface area contributed by atoms with Crippen LogP contribution in [0.3, 0.4) is 0 Å². The molecule has 7 heteroatoms. The summed E-state index contributed by atoms with van der Waals surface area (Å²) >= 11 is 0. The molecule has 0 bridgehead atoms. The summed E-state index contributed by atoms with van der Waals surface area (Å²) in [5.74, 6) is 0.523. The number of para-hydroxylation sites is 1. The lowest BCUT2D eigenvalue weighted by atomic mass is 10.3. The van der Waals surface area contributed by atoms with Crippen molar-refractivity contribution >= 4 is 23.4 Å². The molecule has 0 radical (unpaired) electrons. The highest BCUT2D eigenvalue weighted by Gasteiger charge is 2.08. The van der Waals surface area contributed by atoms with E-state index in [4.69, 9.17) is 4.52 Å². The molecule has 2 aromatic rings. The molecular weight excluding hydrogens is 260 g/mol. The molecule has 104 valence electrons. The molecule has 0 atom stereocenters. The monoisotopic (exact) mass is 274 g/mol. The zero-order valence-corrected chi connectivity index (χ0v) is 10.8. The van der Waals surface area contributed by atoms with Crippen molar-refractivity contribution in [3.05, 3.63) is 42.2 Å². The minimum Gasteiger partial charge on any atom is -0.360 e. The molecule has 20 heavy (non-hydrogen) atoms. The van der Waals surface area contributed by atoms with Crippen LogP contribution in [0.4, 0.5) is 16.3 Å². The predicted octanol–water partition coefficient (Wildman–Crippen LogP) is 1.74. The average molecular weight is 274 g/mol. The minimum absolute atomic E-state index is 0.162. The quantitative estimate of drug-likeness (QED) is 0.791. The van der Waals surface area contributed by atoms with Crippen molar-refractivity contribution in [1.82, 2.24) is 10.5 Å². The molecule has 0 aliphatic heterocycles. The number of carbonyl (C=O) groups is 2. The fourth-order valence-corrected chi connectivity index (χ4v) is 1.47. The van der Waals surface area contributed by atoms with Crippen molar-refractivity contribution in [2.45, 2.75) is 6.92 Å². The van der Waals surface area contributed by atoms with Crippen molar-refractivity contribution in [2.75, 3.05) is 17.2 Å². The second-order valence-electron chi connectivity index (χ2n) is 4.04. The van der Waals surface area contributed by atoms with Crippen LogP contribution in [0.25, 0.3) is 0 Å². The van der Waals surface area contributed by atoms with Crippen LogP contribution in [0.5, 0.6) is 0 Å². The molecule has 1 aromatic carbocycles. The molecule has 0 aliphatic carbocycles. The lowest BCUT2D eigenvalue weighted by Gasteiger charge is -2.06. The standard InChI is InChI=1S/C13H14N4O3/c1-9-7-11(17-20-9)16-12(18)8-14-13(19)15-10-5-3-2-4-6-10/h2-7H,8H2,1H3,(H2,14,15,19)(H,16,17,18). The van der Waals surface area contributed by atoms with E-state index in [1.807, 2.05) is 6.07 Å². The fraction of sp³-hybridized carbons (Fsp3) is 0.154. The Morgan fingerprint density at radius 2 is 1.95 bits per heavy atom. The first kappa shape index (κ1) is 13.6. The molecule has 0 saturated carbocycles. The van der Waals surface area contributed by atoms with E-state index in [0.29, 0.717) is 17.3 Å². The van der Waals surface area contributed by atoms with Crippen molar-refractivity contribution in [3.8, 4) is 0 Å². The summed E-state index contributed by atoms with van der Waals surface area (Å²) in [7, 11) is 0. The molecule has 0 unspecified atom stereocenters. The van der Waals surface area contributed by atoms with Gasteiger partial charge in [0.1, 0.15) is 5.76 Å². The number of nitrogens with one attached hydrogen (secondary N) is 3. The van der Waals surface area contributed by atoms with Crippen molar-refractivity contribution < 1.29 is 14.1 Å². The van der Waals surface area contributed by atoms with Gasteiger partial charge in [0.05, 0.1) is 6.54 Å². The van der Waals surface area contributed by atoms with E-state index in [9.17, 15) is 9.59 Å². The number of anilines is 2. The van der Waals surface area contributed by atoms with Gasteiger partial charge in [-0.1, -0.05) is 23.4 Å². The Morgan fingerprint density at radius 1 is 1.20 bits per heavy atom. The molecule has 2 rings (SSSR count). The molecule has 0 aliphatic rings. The van der Waals surface area contributed by atoms with Crippen molar-refractivity contribution in [2.24, 2.45) is 0 Å². The third-order valence-corrected chi connectivity index (χ3v) is 2.34. The first-order valence-corrected chi connectivity index (χ1v) is 5.96. The molecule has 0 spiro atoms. The Kier molecular flexibility index (Phi) is 4.33. The van der Waals surface area contributed by atoms with Gasteiger partial charge in [0.15, 0.2) is 5.82 Å². The van der Waals surface area contributed by atoms with Crippen molar-refractivity contribution in [1.29, 1.82) is 0 Å². The number of rotatable bonds is 4. The molecule has 0 fully saturated rings. The van der Waals surface area contributed by atoms with Crippen LogP contribution in [-0.4, -0.2) is 23.6 Å². The molecular formula is C13H14N4O3. The average Bonchev–Trinajstić information content (AvgIpc) is 2.83. The van der Waals surface area contributed by atoms with Crippen LogP contribution in [0, 0.1) is 6.92 Å². The Bertz CT molecular complexity index is 595. The third-order valence-electron chi connectivity index (χ3n) is 2.34. The van der Waals surface area contributed by atoms with Gasteiger partial charge in [-0.25, -0.2) is 4.79 Å². The Balaban J connectivity index is 1.74. The maximum absolute atomic E-state index is 11.5. The van der Waals surface area contributed by atoms with Crippen molar-refractivity contribution in [3.63, 3.8) is 0 Å². The largest absolute Gasteiger partial charge is 0.360 e. The van der Waals surface area contributed by atoms with Crippen LogP contribution in [0.1, 0.15) is 5.76 Å². The topological polar surface area (TPSA) is 96.3 Å². The van der Waals surface area contributed by atoms with Gasteiger partial charge in [-0.15, -0.1) is 0 Å². The van der Waals surface area contributed by atoms with Crippen LogP contribution >= 0.6 is 0 Å². The molecule has 3 N–H and O–H groups in total. The lowest BCUT2D eigenvalue weighted by Crippen LogP contribution is -2.35. The predicted molar refractivity (Wildman–Crippen MR) is 73.3 cm³/mol. The first-order chi connectivity index (χ1) is 9.63. The van der Waals surface area contributed by atoms with E-state index in [1.165, 1.54) is 0 Å². The summed E-state index contributed by atoms with van der Waals surface area (Å²) < 4.78 is 4.81. The van der Waals surface area contributed by atoms with Crippen LogP contribution in [0.2, 0.25) is 0 Å². The number of aromatic nitrogens is 1. The number of nitrogens with zero attached hydrogens (tertiary/aromatic N) is 1. The summed E-state index contributed by atoms with van der Waals surface area (Å²) in [6.07, 6.45) is 0. The molecule has 1 aromatic heterocycles. The minimum atomic E-state index is -0.456.